The van der Waals surface area contributed by atoms with E-state index in [0.29, 0.717) is 54.2 Å². The smallest absolute Gasteiger partial charge is 0.240 e. The van der Waals surface area contributed by atoms with Gasteiger partial charge in [0.2, 0.25) is 17.1 Å². The van der Waals surface area contributed by atoms with E-state index < -0.39 is 32.4 Å². The summed E-state index contributed by atoms with van der Waals surface area (Å²) in [4.78, 5) is 19.7. The molecule has 2 aliphatic carbocycles. The van der Waals surface area contributed by atoms with Crippen LogP contribution >= 0.6 is 11.2 Å². The summed E-state index contributed by atoms with van der Waals surface area (Å²) in [5.41, 5.74) is 0.345. The van der Waals surface area contributed by atoms with Gasteiger partial charge < -0.3 is 15.3 Å². The first-order chi connectivity index (χ1) is 16.7. The Hall–Kier alpha value is -1.99. The number of fused-ring (bicyclic) bond motifs is 2. The average molecular weight is 529 g/mol. The Bertz CT molecular complexity index is 1160. The second kappa shape index (κ2) is 8.27. The number of nitrogens with one attached hydrogen (secondary N) is 1. The molecule has 2 aliphatic heterocycles. The van der Waals surface area contributed by atoms with Crippen LogP contribution in [0.2, 0.25) is 0 Å². The highest BCUT2D eigenvalue weighted by Crippen LogP contribution is 2.60. The highest BCUT2D eigenvalue weighted by molar-refractivity contribution is 8.20. The van der Waals surface area contributed by atoms with E-state index in [-0.39, 0.29) is 17.9 Å². The van der Waals surface area contributed by atoms with Gasteiger partial charge in [-0.1, -0.05) is 0 Å². The van der Waals surface area contributed by atoms with E-state index in [1.165, 1.54) is 0 Å². The molecule has 190 valence electrons. The molecule has 4 heterocycles. The summed E-state index contributed by atoms with van der Waals surface area (Å²) in [5, 5.41) is 13.4. The molecule has 0 radical (unpaired) electrons. The van der Waals surface area contributed by atoms with Gasteiger partial charge in [-0.2, -0.15) is 4.98 Å². The number of anilines is 2. The lowest BCUT2D eigenvalue weighted by atomic mass is 9.77. The Labute approximate surface area is 205 Å². The molecule has 4 aliphatic rings. The topological polar surface area (TPSA) is 104 Å². The van der Waals surface area contributed by atoms with Crippen LogP contribution in [0.5, 0.6) is 0 Å². The lowest BCUT2D eigenvalue weighted by molar-refractivity contribution is 0.143. The van der Waals surface area contributed by atoms with Gasteiger partial charge in [0.15, 0.2) is 0 Å². The van der Waals surface area contributed by atoms with Gasteiger partial charge in [0, 0.05) is 30.2 Å². The Morgan fingerprint density at radius 2 is 1.80 bits per heavy atom. The van der Waals surface area contributed by atoms with Crippen LogP contribution in [0.3, 0.4) is 0 Å². The highest BCUT2D eigenvalue weighted by atomic mass is 32.3. The van der Waals surface area contributed by atoms with Gasteiger partial charge in [0.1, 0.15) is 21.4 Å². The van der Waals surface area contributed by atoms with Crippen molar-refractivity contribution in [1.82, 2.24) is 19.9 Å². The number of piperidine rings is 1. The van der Waals surface area contributed by atoms with E-state index in [9.17, 15) is 21.0 Å². The third-order valence-corrected chi connectivity index (χ3v) is 10.3. The number of halogens is 3. The first-order valence-corrected chi connectivity index (χ1v) is 14.6. The molecule has 35 heavy (non-hydrogen) atoms. The van der Waals surface area contributed by atoms with Crippen molar-refractivity contribution in [3.63, 3.8) is 0 Å². The molecule has 0 aromatic carbocycles. The van der Waals surface area contributed by atoms with Crippen molar-refractivity contribution in [3.05, 3.63) is 23.9 Å². The van der Waals surface area contributed by atoms with Crippen LogP contribution in [0, 0.1) is 0 Å². The van der Waals surface area contributed by atoms with Crippen molar-refractivity contribution in [1.29, 1.82) is 0 Å². The van der Waals surface area contributed by atoms with Gasteiger partial charge in [0.25, 0.3) is 0 Å². The standard InChI is InChI=1S/C22H27F3N6O2S2/c23-35(24,25)15-10-26-18(27-11-15)14-2-8-31(9-3-14)20-28-17-16(34(33)13-21(17)6-7-21)19(29-20)30-22(12-32)4-1-5-22/h10-11,14,32H,1-9,12-13H2,(H,28,29,30)/t34-/m1/s1. The molecular weight excluding hydrogens is 501 g/mol. The quantitative estimate of drug-likeness (QED) is 0.581. The Morgan fingerprint density at radius 1 is 1.11 bits per heavy atom. The van der Waals surface area contributed by atoms with E-state index in [1.807, 2.05) is 0 Å². The van der Waals surface area contributed by atoms with Crippen LogP contribution in [-0.2, 0) is 16.2 Å². The minimum absolute atomic E-state index is 0.00109. The van der Waals surface area contributed by atoms with Crippen LogP contribution in [0.25, 0.3) is 0 Å². The maximum Gasteiger partial charge on any atom is 0.240 e. The fourth-order valence-electron chi connectivity index (χ4n) is 5.33. The number of hydrogen-bond donors (Lipinski definition) is 2. The summed E-state index contributed by atoms with van der Waals surface area (Å²) < 4.78 is 51.8. The van der Waals surface area contributed by atoms with Crippen molar-refractivity contribution in [2.45, 2.75) is 71.6 Å². The third kappa shape index (κ3) is 4.08. The Kier molecular flexibility index (Phi) is 5.53. The van der Waals surface area contributed by atoms with Gasteiger partial charge >= 0.3 is 0 Å². The maximum atomic E-state index is 13.0. The zero-order valence-corrected chi connectivity index (χ0v) is 20.7. The van der Waals surface area contributed by atoms with Crippen molar-refractivity contribution >= 4 is 33.8 Å². The minimum atomic E-state index is -5.32. The molecule has 0 unspecified atom stereocenters. The van der Waals surface area contributed by atoms with Gasteiger partial charge in [-0.3, -0.25) is 4.21 Å². The predicted octanol–water partition coefficient (Wildman–Crippen LogP) is 3.95. The number of aliphatic hydroxyl groups excluding tert-OH is 1. The summed E-state index contributed by atoms with van der Waals surface area (Å²) in [7, 11) is -1.17. The van der Waals surface area contributed by atoms with Crippen LogP contribution in [0.4, 0.5) is 23.4 Å². The molecule has 13 heteroatoms. The van der Waals surface area contributed by atoms with E-state index in [1.54, 1.807) is 0 Å². The zero-order valence-electron chi connectivity index (χ0n) is 19.1. The molecule has 1 saturated heterocycles. The van der Waals surface area contributed by atoms with Crippen molar-refractivity contribution < 1.29 is 21.0 Å². The normalized spacial score (nSPS) is 25.3. The largest absolute Gasteiger partial charge is 0.394 e. The molecule has 2 aromatic rings. The number of rotatable bonds is 6. The fourth-order valence-corrected chi connectivity index (χ4v) is 7.54. The zero-order chi connectivity index (χ0) is 24.4. The van der Waals surface area contributed by atoms with Crippen LogP contribution in [0.15, 0.2) is 22.2 Å². The first kappa shape index (κ1) is 23.4. The lowest BCUT2D eigenvalue weighted by Crippen LogP contribution is -2.49. The summed E-state index contributed by atoms with van der Waals surface area (Å²) >= 11 is -5.32. The SMILES string of the molecule is O=[S@@]1CC2(CC2)c2nc(N3CCC(c4ncc(S(F)(F)F)cn4)CC3)nc(NC3(CO)CCC3)c21. The number of hydrogen-bond acceptors (Lipinski definition) is 8. The summed E-state index contributed by atoms with van der Waals surface area (Å²) in [5.74, 6) is 2.16. The van der Waals surface area contributed by atoms with E-state index >= 15 is 0 Å². The van der Waals surface area contributed by atoms with Gasteiger partial charge in [-0.25, -0.2) is 15.0 Å². The molecule has 6 rings (SSSR count). The number of aliphatic hydroxyl groups is 1. The van der Waals surface area contributed by atoms with Crippen molar-refractivity contribution in [2.75, 3.05) is 35.7 Å². The summed E-state index contributed by atoms with van der Waals surface area (Å²) in [6.07, 6.45) is 7.80. The highest BCUT2D eigenvalue weighted by Gasteiger charge is 2.55. The monoisotopic (exact) mass is 528 g/mol. The number of nitrogens with zero attached hydrogens (tertiary/aromatic N) is 5. The van der Waals surface area contributed by atoms with E-state index in [0.717, 1.165) is 50.2 Å². The van der Waals surface area contributed by atoms with Gasteiger partial charge in [-0.05, 0) is 44.9 Å². The molecule has 2 saturated carbocycles. The van der Waals surface area contributed by atoms with Crippen molar-refractivity contribution in [3.8, 4) is 0 Å². The van der Waals surface area contributed by atoms with Crippen LogP contribution in [0.1, 0.15) is 62.4 Å². The summed E-state index contributed by atoms with van der Waals surface area (Å²) in [6.45, 7) is 1.25. The lowest BCUT2D eigenvalue weighted by Gasteiger charge is -2.42. The van der Waals surface area contributed by atoms with E-state index in [2.05, 4.69) is 20.2 Å². The molecule has 0 amide bonds. The third-order valence-electron chi connectivity index (χ3n) is 7.90. The molecule has 1 spiro atoms. The molecule has 1 atom stereocenters. The summed E-state index contributed by atoms with van der Waals surface area (Å²) in [6, 6.07) is 0. The first-order valence-electron chi connectivity index (χ1n) is 11.9. The average Bonchev–Trinajstić information content (AvgIpc) is 3.54. The molecule has 2 N–H and O–H groups in total. The van der Waals surface area contributed by atoms with Crippen molar-refractivity contribution in [2.24, 2.45) is 0 Å². The molecular formula is C22H27F3N6O2S2. The fraction of sp³-hybridized carbons (Fsp3) is 0.636. The van der Waals surface area contributed by atoms with E-state index in [4.69, 9.17) is 9.97 Å². The van der Waals surface area contributed by atoms with Crippen LogP contribution in [-0.4, -0.2) is 60.2 Å². The number of aromatic nitrogens is 4. The molecule has 0 bridgehead atoms. The molecule has 2 aromatic heterocycles. The minimum Gasteiger partial charge on any atom is -0.394 e. The Morgan fingerprint density at radius 3 is 2.34 bits per heavy atom. The predicted molar refractivity (Wildman–Crippen MR) is 127 cm³/mol. The second-order valence-electron chi connectivity index (χ2n) is 10.2. The van der Waals surface area contributed by atoms with Gasteiger partial charge in [0.05, 0.1) is 41.0 Å². The van der Waals surface area contributed by atoms with Gasteiger partial charge in [-0.15, -0.1) is 11.7 Å². The second-order valence-corrected chi connectivity index (χ2v) is 12.9. The van der Waals surface area contributed by atoms with Crippen LogP contribution < -0.4 is 10.2 Å². The maximum absolute atomic E-state index is 13.0. The molecule has 8 nitrogen and oxygen atoms in total. The molecule has 3 fully saturated rings. The Balaban J connectivity index is 1.24.